The molecule has 3 rings (SSSR count). The summed E-state index contributed by atoms with van der Waals surface area (Å²) < 4.78 is 0. The molecule has 1 unspecified atom stereocenters. The van der Waals surface area contributed by atoms with Gasteiger partial charge >= 0.3 is 0 Å². The Kier molecular flexibility index (Phi) is 10.4. The largest absolute Gasteiger partial charge is 0.383 e. The number of likely N-dealkylation sites (tertiary alicyclic amines) is 1. The molecule has 1 aromatic rings. The number of amides is 1. The first kappa shape index (κ1) is 26.1. The number of nitrogens with one attached hydrogen (secondary N) is 2. The lowest BCUT2D eigenvalue weighted by atomic mass is 10.2. The van der Waals surface area contributed by atoms with Gasteiger partial charge in [0.25, 0.3) is 5.69 Å². The van der Waals surface area contributed by atoms with Gasteiger partial charge in [0.1, 0.15) is 0 Å². The van der Waals surface area contributed by atoms with Gasteiger partial charge in [0.2, 0.25) is 5.91 Å². The highest BCUT2D eigenvalue weighted by Crippen LogP contribution is 2.15. The molecule has 0 saturated carbocycles. The van der Waals surface area contributed by atoms with E-state index in [4.69, 9.17) is 0 Å². The predicted molar refractivity (Wildman–Crippen MR) is 137 cm³/mol. The van der Waals surface area contributed by atoms with E-state index in [1.165, 1.54) is 12.1 Å². The number of piperazine rings is 1. The Labute approximate surface area is 206 Å². The number of nitrogens with zero attached hydrogens (tertiary/aromatic N) is 5. The van der Waals surface area contributed by atoms with Crippen LogP contribution in [-0.2, 0) is 4.79 Å². The average molecular weight is 559 g/mol. The van der Waals surface area contributed by atoms with Crippen LogP contribution >= 0.6 is 24.0 Å². The summed E-state index contributed by atoms with van der Waals surface area (Å²) in [6, 6.07) is 6.32. The fourth-order valence-electron chi connectivity index (χ4n) is 4.09. The number of rotatable bonds is 7. The Morgan fingerprint density at radius 2 is 1.69 bits per heavy atom. The Morgan fingerprint density at radius 3 is 2.25 bits per heavy atom. The first-order valence-corrected chi connectivity index (χ1v) is 11.0. The Morgan fingerprint density at radius 1 is 1.06 bits per heavy atom. The smallest absolute Gasteiger partial charge is 0.269 e. The van der Waals surface area contributed by atoms with Crippen molar-refractivity contribution in [2.75, 3.05) is 64.7 Å². The van der Waals surface area contributed by atoms with Crippen molar-refractivity contribution in [2.45, 2.75) is 25.8 Å². The highest BCUT2D eigenvalue weighted by Gasteiger charge is 2.30. The summed E-state index contributed by atoms with van der Waals surface area (Å²) in [6.45, 7) is 8.48. The van der Waals surface area contributed by atoms with Gasteiger partial charge in [-0.2, -0.15) is 0 Å². The number of hydrogen-bond donors (Lipinski definition) is 2. The monoisotopic (exact) mass is 559 g/mol. The third kappa shape index (κ3) is 6.92. The Hall–Kier alpha value is -2.15. The SMILES string of the molecule is CN=C(NCCNc1ccc([N+](=O)[O-])cc1)N1CCN(C(C)C(=O)N2CCCC2)CC1.I. The lowest BCUT2D eigenvalue weighted by Crippen LogP contribution is -2.57. The standard InChI is InChI=1S/C21H33N7O3.HI/c1-17(20(29)26-11-3-4-12-26)25-13-15-27(16-14-25)21(22-2)24-10-9-23-18-5-7-19(8-6-18)28(30)31;/h5-8,17,23H,3-4,9-16H2,1-2H3,(H,22,24);1H. The lowest BCUT2D eigenvalue weighted by molar-refractivity contribution is -0.384. The molecule has 0 radical (unpaired) electrons. The van der Waals surface area contributed by atoms with Crippen molar-refractivity contribution in [2.24, 2.45) is 4.99 Å². The van der Waals surface area contributed by atoms with Crippen LogP contribution in [0.15, 0.2) is 29.3 Å². The van der Waals surface area contributed by atoms with Crippen molar-refractivity contribution in [1.82, 2.24) is 20.0 Å². The molecule has 11 heteroatoms. The van der Waals surface area contributed by atoms with Crippen LogP contribution in [0.2, 0.25) is 0 Å². The van der Waals surface area contributed by atoms with Crippen LogP contribution in [0, 0.1) is 10.1 Å². The molecule has 2 N–H and O–H groups in total. The number of aliphatic imine (C=N–C) groups is 1. The number of benzene rings is 1. The number of non-ortho nitro benzene ring substituents is 1. The van der Waals surface area contributed by atoms with Crippen LogP contribution in [-0.4, -0.2) is 96.9 Å². The third-order valence-electron chi connectivity index (χ3n) is 5.96. The molecule has 1 atom stereocenters. The van der Waals surface area contributed by atoms with Gasteiger partial charge in [0.15, 0.2) is 5.96 Å². The van der Waals surface area contributed by atoms with Crippen molar-refractivity contribution < 1.29 is 9.72 Å². The molecule has 10 nitrogen and oxygen atoms in total. The molecule has 2 fully saturated rings. The minimum absolute atomic E-state index is 0. The molecule has 2 aliphatic heterocycles. The summed E-state index contributed by atoms with van der Waals surface area (Å²) >= 11 is 0. The molecule has 2 heterocycles. The van der Waals surface area contributed by atoms with E-state index in [-0.39, 0.29) is 41.6 Å². The summed E-state index contributed by atoms with van der Waals surface area (Å²) in [6.07, 6.45) is 2.24. The van der Waals surface area contributed by atoms with Crippen LogP contribution in [0.25, 0.3) is 0 Å². The number of halogens is 1. The molecule has 0 bridgehead atoms. The molecule has 0 aliphatic carbocycles. The second kappa shape index (κ2) is 12.8. The van der Waals surface area contributed by atoms with E-state index in [0.29, 0.717) is 13.1 Å². The molecule has 1 aromatic carbocycles. The van der Waals surface area contributed by atoms with Crippen LogP contribution in [0.3, 0.4) is 0 Å². The minimum Gasteiger partial charge on any atom is -0.383 e. The molecular formula is C21H34IN7O3. The molecule has 32 heavy (non-hydrogen) atoms. The van der Waals surface area contributed by atoms with E-state index < -0.39 is 4.92 Å². The van der Waals surface area contributed by atoms with Gasteiger partial charge in [-0.1, -0.05) is 0 Å². The molecular weight excluding hydrogens is 525 g/mol. The van der Waals surface area contributed by atoms with Gasteiger partial charge < -0.3 is 20.4 Å². The van der Waals surface area contributed by atoms with Crippen molar-refractivity contribution in [3.05, 3.63) is 34.4 Å². The lowest BCUT2D eigenvalue weighted by Gasteiger charge is -2.39. The van der Waals surface area contributed by atoms with Crippen LogP contribution in [0.4, 0.5) is 11.4 Å². The third-order valence-corrected chi connectivity index (χ3v) is 5.96. The summed E-state index contributed by atoms with van der Waals surface area (Å²) in [4.78, 5) is 33.8. The van der Waals surface area contributed by atoms with E-state index in [0.717, 1.165) is 63.8 Å². The van der Waals surface area contributed by atoms with Crippen LogP contribution in [0.1, 0.15) is 19.8 Å². The van der Waals surface area contributed by atoms with Crippen LogP contribution in [0.5, 0.6) is 0 Å². The first-order chi connectivity index (χ1) is 15.0. The van der Waals surface area contributed by atoms with Crippen molar-refractivity contribution in [3.8, 4) is 0 Å². The molecule has 1 amide bonds. The maximum absolute atomic E-state index is 12.7. The number of anilines is 1. The normalized spacial score (nSPS) is 18.1. The van der Waals surface area contributed by atoms with Gasteiger partial charge in [0, 0.05) is 77.2 Å². The van der Waals surface area contributed by atoms with Crippen molar-refractivity contribution >= 4 is 47.2 Å². The zero-order valence-electron chi connectivity index (χ0n) is 18.8. The number of nitro benzene ring substituents is 1. The maximum Gasteiger partial charge on any atom is 0.269 e. The van der Waals surface area contributed by atoms with Gasteiger partial charge in [0.05, 0.1) is 11.0 Å². The summed E-state index contributed by atoms with van der Waals surface area (Å²) in [5.41, 5.74) is 0.923. The van der Waals surface area contributed by atoms with Gasteiger partial charge in [-0.15, -0.1) is 24.0 Å². The molecule has 2 saturated heterocycles. The van der Waals surface area contributed by atoms with E-state index in [2.05, 4.69) is 25.4 Å². The number of nitro groups is 1. The molecule has 178 valence electrons. The van der Waals surface area contributed by atoms with Gasteiger partial charge in [-0.25, -0.2) is 0 Å². The van der Waals surface area contributed by atoms with Crippen molar-refractivity contribution in [1.29, 1.82) is 0 Å². The highest BCUT2D eigenvalue weighted by atomic mass is 127. The second-order valence-electron chi connectivity index (χ2n) is 7.94. The average Bonchev–Trinajstić information content (AvgIpc) is 3.34. The zero-order valence-corrected chi connectivity index (χ0v) is 21.2. The predicted octanol–water partition coefficient (Wildman–Crippen LogP) is 1.83. The van der Waals surface area contributed by atoms with E-state index in [1.807, 2.05) is 11.8 Å². The zero-order chi connectivity index (χ0) is 22.2. The number of hydrogen-bond acceptors (Lipinski definition) is 6. The quantitative estimate of drug-likeness (QED) is 0.131. The topological polar surface area (TPSA) is 106 Å². The van der Waals surface area contributed by atoms with Crippen LogP contribution < -0.4 is 10.6 Å². The second-order valence-corrected chi connectivity index (χ2v) is 7.94. The van der Waals surface area contributed by atoms with E-state index in [1.54, 1.807) is 19.2 Å². The van der Waals surface area contributed by atoms with E-state index in [9.17, 15) is 14.9 Å². The number of carbonyl (C=O) groups is 1. The number of carbonyl (C=O) groups excluding carboxylic acids is 1. The fraction of sp³-hybridized carbons (Fsp3) is 0.619. The fourth-order valence-corrected chi connectivity index (χ4v) is 4.09. The maximum atomic E-state index is 12.7. The minimum atomic E-state index is -0.405. The van der Waals surface area contributed by atoms with Gasteiger partial charge in [-0.05, 0) is 31.9 Å². The first-order valence-electron chi connectivity index (χ1n) is 11.0. The molecule has 0 aromatic heterocycles. The summed E-state index contributed by atoms with van der Waals surface area (Å²) in [7, 11) is 1.78. The Balaban J connectivity index is 0.00000363. The van der Waals surface area contributed by atoms with Gasteiger partial charge in [-0.3, -0.25) is 24.8 Å². The van der Waals surface area contributed by atoms with E-state index >= 15 is 0 Å². The van der Waals surface area contributed by atoms with Crippen molar-refractivity contribution in [3.63, 3.8) is 0 Å². The summed E-state index contributed by atoms with van der Waals surface area (Å²) in [5, 5.41) is 17.3. The number of guanidine groups is 1. The molecule has 0 spiro atoms. The highest BCUT2D eigenvalue weighted by molar-refractivity contribution is 14.0. The summed E-state index contributed by atoms with van der Waals surface area (Å²) in [5.74, 6) is 1.11. The Bertz CT molecular complexity index is 776. The molecule has 2 aliphatic rings.